The summed E-state index contributed by atoms with van der Waals surface area (Å²) in [7, 11) is 0. The summed E-state index contributed by atoms with van der Waals surface area (Å²) < 4.78 is 0.831. The Hall–Kier alpha value is -1.88. The molecular weight excluding hydrogens is 244 g/mol. The second-order valence-electron chi connectivity index (χ2n) is 3.36. The molecule has 0 aliphatic rings. The number of carbonyl (C=O) groups excluding carboxylic acids is 1. The molecule has 0 amide bonds. The second kappa shape index (κ2) is 4.55. The Kier molecular flexibility index (Phi) is 3.10. The Bertz CT molecular complexity index is 636. The zero-order chi connectivity index (χ0) is 12.4. The summed E-state index contributed by atoms with van der Waals surface area (Å²) in [4.78, 5) is 31.9. The predicted octanol–water partition coefficient (Wildman–Crippen LogP) is 1.11. The Morgan fingerprint density at radius 2 is 2.18 bits per heavy atom. The summed E-state index contributed by atoms with van der Waals surface area (Å²) in [6, 6.07) is 6.79. The van der Waals surface area contributed by atoms with Gasteiger partial charge >= 0.3 is 5.97 Å². The monoisotopic (exact) mass is 252 g/mol. The van der Waals surface area contributed by atoms with E-state index in [9.17, 15) is 9.59 Å². The first-order chi connectivity index (χ1) is 8.13. The lowest BCUT2D eigenvalue weighted by Crippen LogP contribution is -2.33. The van der Waals surface area contributed by atoms with Gasteiger partial charge in [-0.05, 0) is 12.1 Å². The zero-order valence-electron chi connectivity index (χ0n) is 9.01. The molecule has 1 heterocycles. The first kappa shape index (κ1) is 11.6. The van der Waals surface area contributed by atoms with Crippen molar-refractivity contribution in [2.75, 3.05) is 0 Å². The molecule has 0 aliphatic heterocycles. The van der Waals surface area contributed by atoms with E-state index in [0.717, 1.165) is 4.73 Å². The van der Waals surface area contributed by atoms with Crippen molar-refractivity contribution < 1.29 is 9.63 Å². The third-order valence-corrected chi connectivity index (χ3v) is 2.38. The molecule has 5 nitrogen and oxygen atoms in total. The van der Waals surface area contributed by atoms with Crippen LogP contribution in [0.2, 0.25) is 0 Å². The molecule has 1 aromatic heterocycles. The van der Waals surface area contributed by atoms with E-state index in [1.807, 2.05) is 0 Å². The van der Waals surface area contributed by atoms with Crippen molar-refractivity contribution in [1.29, 1.82) is 0 Å². The van der Waals surface area contributed by atoms with Crippen molar-refractivity contribution >= 4 is 28.5 Å². The van der Waals surface area contributed by atoms with Crippen LogP contribution in [0.25, 0.3) is 10.9 Å². The number of benzene rings is 1. The lowest BCUT2D eigenvalue weighted by atomic mass is 10.2. The molecule has 0 bridgehead atoms. The molecule has 0 radical (unpaired) electrons. The van der Waals surface area contributed by atoms with Gasteiger partial charge in [-0.1, -0.05) is 12.1 Å². The minimum atomic E-state index is -0.601. The molecule has 17 heavy (non-hydrogen) atoms. The topological polar surface area (TPSA) is 61.2 Å². The van der Waals surface area contributed by atoms with Crippen LogP contribution in [-0.2, 0) is 10.7 Å². The van der Waals surface area contributed by atoms with Gasteiger partial charge in [0.25, 0.3) is 5.56 Å². The van der Waals surface area contributed by atoms with Gasteiger partial charge in [0, 0.05) is 6.92 Å². The minimum Gasteiger partial charge on any atom is -0.332 e. The van der Waals surface area contributed by atoms with Gasteiger partial charge < -0.3 is 4.84 Å². The first-order valence-electron chi connectivity index (χ1n) is 4.89. The molecule has 6 heteroatoms. The average molecular weight is 253 g/mol. The smallest absolute Gasteiger partial charge is 0.330 e. The molecule has 2 rings (SSSR count). The SMILES string of the molecule is CC(=O)On1c(CCl)nc2ccccc2c1=O. The molecule has 0 aliphatic carbocycles. The molecule has 1 aromatic carbocycles. The van der Waals surface area contributed by atoms with E-state index in [2.05, 4.69) is 4.98 Å². The normalized spacial score (nSPS) is 10.5. The maximum absolute atomic E-state index is 12.0. The fraction of sp³-hybridized carbons (Fsp3) is 0.182. The van der Waals surface area contributed by atoms with Crippen molar-refractivity contribution in [2.45, 2.75) is 12.8 Å². The average Bonchev–Trinajstić information content (AvgIpc) is 2.32. The van der Waals surface area contributed by atoms with Crippen LogP contribution in [-0.4, -0.2) is 15.7 Å². The lowest BCUT2D eigenvalue weighted by molar-refractivity contribution is -0.142. The second-order valence-corrected chi connectivity index (χ2v) is 3.63. The molecule has 0 atom stereocenters. The molecular formula is C11H9ClN2O3. The maximum atomic E-state index is 12.0. The van der Waals surface area contributed by atoms with E-state index in [-0.39, 0.29) is 11.7 Å². The third kappa shape index (κ3) is 2.14. The third-order valence-electron chi connectivity index (χ3n) is 2.14. The number of nitrogens with zero attached hydrogens (tertiary/aromatic N) is 2. The number of hydrogen-bond donors (Lipinski definition) is 0. The van der Waals surface area contributed by atoms with Crippen LogP contribution < -0.4 is 10.4 Å². The maximum Gasteiger partial charge on any atom is 0.330 e. The van der Waals surface area contributed by atoms with Gasteiger partial charge in [0.15, 0.2) is 5.82 Å². The summed E-state index contributed by atoms with van der Waals surface area (Å²) >= 11 is 5.67. The molecule has 0 unspecified atom stereocenters. The zero-order valence-corrected chi connectivity index (χ0v) is 9.77. The van der Waals surface area contributed by atoms with Crippen molar-refractivity contribution in [2.24, 2.45) is 0 Å². The number of para-hydroxylation sites is 1. The van der Waals surface area contributed by atoms with E-state index in [0.29, 0.717) is 10.9 Å². The highest BCUT2D eigenvalue weighted by Gasteiger charge is 2.12. The molecule has 0 saturated heterocycles. The predicted molar refractivity (Wildman–Crippen MR) is 62.8 cm³/mol. The first-order valence-corrected chi connectivity index (χ1v) is 5.42. The fourth-order valence-corrected chi connectivity index (χ4v) is 1.64. The van der Waals surface area contributed by atoms with Crippen LogP contribution in [0.5, 0.6) is 0 Å². The van der Waals surface area contributed by atoms with Crippen LogP contribution in [0.4, 0.5) is 0 Å². The van der Waals surface area contributed by atoms with E-state index in [4.69, 9.17) is 16.4 Å². The number of alkyl halides is 1. The van der Waals surface area contributed by atoms with Gasteiger partial charge in [-0.3, -0.25) is 4.79 Å². The number of hydrogen-bond acceptors (Lipinski definition) is 4. The van der Waals surface area contributed by atoms with Gasteiger partial charge in [0.05, 0.1) is 16.8 Å². The summed E-state index contributed by atoms with van der Waals surface area (Å²) in [6.45, 7) is 1.21. The van der Waals surface area contributed by atoms with Gasteiger partial charge in [0.1, 0.15) is 0 Å². The summed E-state index contributed by atoms with van der Waals surface area (Å²) in [5, 5.41) is 0.377. The van der Waals surface area contributed by atoms with Crippen LogP contribution in [0, 0.1) is 0 Å². The Morgan fingerprint density at radius 3 is 2.82 bits per heavy atom. The Labute approximate surface area is 102 Å². The summed E-state index contributed by atoms with van der Waals surface area (Å²) in [5.74, 6) is -0.422. The molecule has 88 valence electrons. The minimum absolute atomic E-state index is 0.0205. The van der Waals surface area contributed by atoms with E-state index in [1.54, 1.807) is 24.3 Å². The standard InChI is InChI=1S/C11H9ClN2O3/c1-7(15)17-14-10(6-12)13-9-5-3-2-4-8(9)11(14)16/h2-5H,6H2,1H3. The number of carbonyl (C=O) groups is 1. The largest absolute Gasteiger partial charge is 0.332 e. The van der Waals surface area contributed by atoms with Crippen LogP contribution >= 0.6 is 11.6 Å². The van der Waals surface area contributed by atoms with Gasteiger partial charge in [-0.25, -0.2) is 9.78 Å². The van der Waals surface area contributed by atoms with Crippen molar-refractivity contribution in [3.8, 4) is 0 Å². The van der Waals surface area contributed by atoms with Crippen LogP contribution in [0.1, 0.15) is 12.7 Å². The van der Waals surface area contributed by atoms with E-state index >= 15 is 0 Å². The Morgan fingerprint density at radius 1 is 1.47 bits per heavy atom. The summed E-state index contributed by atoms with van der Waals surface area (Å²) in [6.07, 6.45) is 0. The molecule has 0 fully saturated rings. The van der Waals surface area contributed by atoms with Gasteiger partial charge in [-0.2, -0.15) is 0 Å². The highest BCUT2D eigenvalue weighted by atomic mass is 35.5. The number of aromatic nitrogens is 2. The molecule has 2 aromatic rings. The highest BCUT2D eigenvalue weighted by molar-refractivity contribution is 6.16. The highest BCUT2D eigenvalue weighted by Crippen LogP contribution is 2.08. The summed E-state index contributed by atoms with van der Waals surface area (Å²) in [5.41, 5.74) is 0.0815. The fourth-order valence-electron chi connectivity index (χ4n) is 1.47. The lowest BCUT2D eigenvalue weighted by Gasteiger charge is -2.09. The molecule has 0 saturated carbocycles. The number of fused-ring (bicyclic) bond motifs is 1. The Balaban J connectivity index is 2.76. The van der Waals surface area contributed by atoms with Crippen molar-refractivity contribution in [3.05, 3.63) is 40.4 Å². The van der Waals surface area contributed by atoms with Crippen molar-refractivity contribution in [1.82, 2.24) is 9.71 Å². The van der Waals surface area contributed by atoms with Crippen molar-refractivity contribution in [3.63, 3.8) is 0 Å². The number of halogens is 1. The van der Waals surface area contributed by atoms with Gasteiger partial charge in [0.2, 0.25) is 0 Å². The van der Waals surface area contributed by atoms with E-state index < -0.39 is 11.5 Å². The molecule has 0 N–H and O–H groups in total. The van der Waals surface area contributed by atoms with Gasteiger partial charge in [-0.15, -0.1) is 16.3 Å². The quantitative estimate of drug-likeness (QED) is 0.752. The number of rotatable bonds is 2. The van der Waals surface area contributed by atoms with E-state index in [1.165, 1.54) is 6.92 Å². The van der Waals surface area contributed by atoms with Crippen LogP contribution in [0.15, 0.2) is 29.1 Å². The van der Waals surface area contributed by atoms with Crippen LogP contribution in [0.3, 0.4) is 0 Å². The molecule has 0 spiro atoms.